The van der Waals surface area contributed by atoms with Crippen LogP contribution < -0.4 is 5.56 Å². The quantitative estimate of drug-likeness (QED) is 0.892. The average molecular weight is 291 g/mol. The van der Waals surface area contributed by atoms with Crippen LogP contribution in [0.2, 0.25) is 5.02 Å². The minimum atomic E-state index is -3.57. The minimum Gasteiger partial charge on any atom is -0.326 e. The molecule has 5 nitrogen and oxygen atoms in total. The van der Waals surface area contributed by atoms with Gasteiger partial charge in [-0.3, -0.25) is 4.79 Å². The van der Waals surface area contributed by atoms with E-state index < -0.39 is 15.6 Å². The largest absolute Gasteiger partial charge is 0.326 e. The maximum Gasteiger partial charge on any atom is 0.266 e. The summed E-state index contributed by atoms with van der Waals surface area (Å²) >= 11 is 5.66. The van der Waals surface area contributed by atoms with Crippen LogP contribution in [0.4, 0.5) is 0 Å². The van der Waals surface area contributed by atoms with E-state index in [0.717, 1.165) is 12.8 Å². The van der Waals surface area contributed by atoms with Crippen LogP contribution >= 0.6 is 11.6 Å². The first-order valence-corrected chi connectivity index (χ1v) is 7.65. The normalized spacial score (nSPS) is 16.2. The standard InChI is InChI=1S/C11H15ClN2O3S/c1-2-14(7-8-3-4-8)18(16,17)9-5-10(12)11(15)13-6-9/h5-6,8H,2-4,7H2,1H3,(H,13,15). The van der Waals surface area contributed by atoms with E-state index in [9.17, 15) is 13.2 Å². The molecule has 0 aromatic carbocycles. The van der Waals surface area contributed by atoms with Gasteiger partial charge < -0.3 is 4.98 Å². The van der Waals surface area contributed by atoms with E-state index in [-0.39, 0.29) is 9.92 Å². The molecule has 1 saturated carbocycles. The topological polar surface area (TPSA) is 70.2 Å². The summed E-state index contributed by atoms with van der Waals surface area (Å²) in [4.78, 5) is 13.5. The molecule has 0 saturated heterocycles. The van der Waals surface area contributed by atoms with E-state index in [1.807, 2.05) is 0 Å². The molecule has 0 spiro atoms. The molecule has 1 aromatic rings. The molecule has 0 radical (unpaired) electrons. The van der Waals surface area contributed by atoms with Crippen molar-refractivity contribution in [1.29, 1.82) is 0 Å². The fourth-order valence-corrected chi connectivity index (χ4v) is 3.48. The zero-order valence-corrected chi connectivity index (χ0v) is 11.6. The number of sulfonamides is 1. The molecule has 0 unspecified atom stereocenters. The van der Waals surface area contributed by atoms with Crippen LogP contribution in [0, 0.1) is 5.92 Å². The maximum atomic E-state index is 12.3. The Morgan fingerprint density at radius 1 is 1.50 bits per heavy atom. The van der Waals surface area contributed by atoms with E-state index in [1.165, 1.54) is 16.6 Å². The maximum absolute atomic E-state index is 12.3. The van der Waals surface area contributed by atoms with Gasteiger partial charge in [-0.25, -0.2) is 8.42 Å². The summed E-state index contributed by atoms with van der Waals surface area (Å²) < 4.78 is 26.1. The van der Waals surface area contributed by atoms with Gasteiger partial charge in [0.1, 0.15) is 5.02 Å². The lowest BCUT2D eigenvalue weighted by molar-refractivity contribution is 0.412. The van der Waals surface area contributed by atoms with Gasteiger partial charge in [0.2, 0.25) is 10.0 Å². The van der Waals surface area contributed by atoms with Crippen molar-refractivity contribution in [1.82, 2.24) is 9.29 Å². The third-order valence-corrected chi connectivity index (χ3v) is 5.18. The second-order valence-electron chi connectivity index (χ2n) is 4.41. The van der Waals surface area contributed by atoms with Crippen LogP contribution in [-0.2, 0) is 10.0 Å². The molecule has 18 heavy (non-hydrogen) atoms. The van der Waals surface area contributed by atoms with Crippen molar-refractivity contribution in [3.63, 3.8) is 0 Å². The first kappa shape index (κ1) is 13.6. The predicted molar refractivity (Wildman–Crippen MR) is 69.2 cm³/mol. The summed E-state index contributed by atoms with van der Waals surface area (Å²) in [5.74, 6) is 0.470. The number of aromatic amines is 1. The van der Waals surface area contributed by atoms with Crippen LogP contribution in [0.1, 0.15) is 19.8 Å². The van der Waals surface area contributed by atoms with Crippen molar-refractivity contribution in [3.05, 3.63) is 27.6 Å². The monoisotopic (exact) mass is 290 g/mol. The third kappa shape index (κ3) is 2.76. The van der Waals surface area contributed by atoms with E-state index in [1.54, 1.807) is 6.92 Å². The van der Waals surface area contributed by atoms with Crippen molar-refractivity contribution in [3.8, 4) is 0 Å². The fraction of sp³-hybridized carbons (Fsp3) is 0.545. The molecule has 100 valence electrons. The number of nitrogens with one attached hydrogen (secondary N) is 1. The Kier molecular flexibility index (Phi) is 3.79. The number of nitrogens with zero attached hydrogens (tertiary/aromatic N) is 1. The van der Waals surface area contributed by atoms with Gasteiger partial charge in [-0.15, -0.1) is 0 Å². The van der Waals surface area contributed by atoms with Gasteiger partial charge in [-0.1, -0.05) is 18.5 Å². The summed E-state index contributed by atoms with van der Waals surface area (Å²) in [5, 5.41) is -0.112. The van der Waals surface area contributed by atoms with Crippen molar-refractivity contribution in [2.24, 2.45) is 5.92 Å². The molecule has 0 bridgehead atoms. The van der Waals surface area contributed by atoms with E-state index in [2.05, 4.69) is 4.98 Å². The van der Waals surface area contributed by atoms with Crippen LogP contribution in [-0.4, -0.2) is 30.8 Å². The first-order valence-electron chi connectivity index (χ1n) is 5.83. The average Bonchev–Trinajstić information content (AvgIpc) is 3.13. The highest BCUT2D eigenvalue weighted by Crippen LogP contribution is 2.31. The molecule has 7 heteroatoms. The second kappa shape index (κ2) is 5.03. The molecule has 2 rings (SSSR count). The smallest absolute Gasteiger partial charge is 0.266 e. The summed E-state index contributed by atoms with van der Waals surface area (Å²) in [6, 6.07) is 1.20. The Bertz CT molecular complexity index is 593. The number of pyridine rings is 1. The first-order chi connectivity index (χ1) is 8.45. The minimum absolute atomic E-state index is 0.0367. The molecule has 1 heterocycles. The Balaban J connectivity index is 2.32. The Morgan fingerprint density at radius 2 is 2.17 bits per heavy atom. The third-order valence-electron chi connectivity index (χ3n) is 2.98. The molecular weight excluding hydrogens is 276 g/mol. The molecule has 1 N–H and O–H groups in total. The molecule has 0 atom stereocenters. The van der Waals surface area contributed by atoms with Gasteiger partial charge in [-0.05, 0) is 24.8 Å². The zero-order valence-electron chi connectivity index (χ0n) is 10.0. The molecular formula is C11H15ClN2O3S. The van der Waals surface area contributed by atoms with Crippen molar-refractivity contribution in [2.45, 2.75) is 24.7 Å². The van der Waals surface area contributed by atoms with Gasteiger partial charge in [0.25, 0.3) is 5.56 Å². The Morgan fingerprint density at radius 3 is 2.67 bits per heavy atom. The Labute approximate surface area is 111 Å². The molecule has 0 amide bonds. The van der Waals surface area contributed by atoms with Crippen LogP contribution in [0.3, 0.4) is 0 Å². The Hall–Kier alpha value is -0.850. The van der Waals surface area contributed by atoms with Gasteiger partial charge in [0.15, 0.2) is 0 Å². The summed E-state index contributed by atoms with van der Waals surface area (Å²) in [5.41, 5.74) is -0.485. The SMILES string of the molecule is CCN(CC1CC1)S(=O)(=O)c1c[nH]c(=O)c(Cl)c1. The van der Waals surface area contributed by atoms with Gasteiger partial charge in [-0.2, -0.15) is 4.31 Å². The van der Waals surface area contributed by atoms with E-state index >= 15 is 0 Å². The van der Waals surface area contributed by atoms with Crippen LogP contribution in [0.5, 0.6) is 0 Å². The summed E-state index contributed by atoms with van der Waals surface area (Å²) in [7, 11) is -3.57. The highest BCUT2D eigenvalue weighted by Gasteiger charge is 2.31. The van der Waals surface area contributed by atoms with Crippen molar-refractivity contribution in [2.75, 3.05) is 13.1 Å². The fourth-order valence-electron chi connectivity index (χ4n) is 1.72. The molecule has 1 aliphatic rings. The molecule has 1 aliphatic carbocycles. The summed E-state index contributed by atoms with van der Waals surface area (Å²) in [6.07, 6.45) is 3.36. The predicted octanol–water partition coefficient (Wildman–Crippen LogP) is 1.45. The number of H-pyrrole nitrogens is 1. The van der Waals surface area contributed by atoms with Gasteiger partial charge >= 0.3 is 0 Å². The lowest BCUT2D eigenvalue weighted by Gasteiger charge is -2.20. The summed E-state index contributed by atoms with van der Waals surface area (Å²) in [6.45, 7) is 2.75. The second-order valence-corrected chi connectivity index (χ2v) is 6.76. The lowest BCUT2D eigenvalue weighted by Crippen LogP contribution is -2.33. The number of hydrogen-bond acceptors (Lipinski definition) is 3. The van der Waals surface area contributed by atoms with Gasteiger partial charge in [0, 0.05) is 19.3 Å². The van der Waals surface area contributed by atoms with E-state index in [0.29, 0.717) is 19.0 Å². The van der Waals surface area contributed by atoms with Gasteiger partial charge in [0.05, 0.1) is 4.90 Å². The number of hydrogen-bond donors (Lipinski definition) is 1. The molecule has 1 fully saturated rings. The lowest BCUT2D eigenvalue weighted by atomic mass is 10.4. The molecule has 1 aromatic heterocycles. The zero-order chi connectivity index (χ0) is 13.3. The number of halogens is 1. The highest BCUT2D eigenvalue weighted by atomic mass is 35.5. The van der Waals surface area contributed by atoms with Crippen LogP contribution in [0.25, 0.3) is 0 Å². The van der Waals surface area contributed by atoms with Crippen molar-refractivity contribution >= 4 is 21.6 Å². The molecule has 0 aliphatic heterocycles. The van der Waals surface area contributed by atoms with Crippen molar-refractivity contribution < 1.29 is 8.42 Å². The number of rotatable bonds is 5. The highest BCUT2D eigenvalue weighted by molar-refractivity contribution is 7.89. The van der Waals surface area contributed by atoms with Crippen LogP contribution in [0.15, 0.2) is 22.0 Å². The number of aromatic nitrogens is 1. The van der Waals surface area contributed by atoms with E-state index in [4.69, 9.17) is 11.6 Å².